The molecular weight excluding hydrogens is 448 g/mol. The van der Waals surface area contributed by atoms with Crippen LogP contribution in [0, 0.1) is 0 Å². The van der Waals surface area contributed by atoms with Crippen LogP contribution in [0.5, 0.6) is 0 Å². The van der Waals surface area contributed by atoms with Crippen LogP contribution < -0.4 is 16.0 Å². The number of aliphatic hydroxyl groups excluding tert-OH is 1. The number of benzene rings is 1. The van der Waals surface area contributed by atoms with Gasteiger partial charge in [0.15, 0.2) is 5.16 Å². The molecule has 4 aromatic heterocycles. The van der Waals surface area contributed by atoms with Crippen LogP contribution >= 0.6 is 11.8 Å². The zero-order chi connectivity index (χ0) is 23.2. The molecule has 0 spiro atoms. The molecule has 0 saturated carbocycles. The van der Waals surface area contributed by atoms with Gasteiger partial charge < -0.3 is 26.0 Å². The lowest BCUT2D eigenvalue weighted by atomic mass is 10.1. The summed E-state index contributed by atoms with van der Waals surface area (Å²) in [4.78, 5) is 25.3. The van der Waals surface area contributed by atoms with Gasteiger partial charge in [0.1, 0.15) is 11.5 Å². The van der Waals surface area contributed by atoms with Crippen molar-refractivity contribution in [2.75, 3.05) is 30.4 Å². The van der Waals surface area contributed by atoms with Crippen molar-refractivity contribution >= 4 is 56.2 Å². The van der Waals surface area contributed by atoms with Gasteiger partial charge in [0.25, 0.3) is 0 Å². The molecule has 5 N–H and O–H groups in total. The van der Waals surface area contributed by atoms with Crippen molar-refractivity contribution in [1.82, 2.24) is 24.9 Å². The number of aromatic amines is 1. The van der Waals surface area contributed by atoms with Gasteiger partial charge in [0, 0.05) is 42.3 Å². The van der Waals surface area contributed by atoms with Crippen molar-refractivity contribution in [3.63, 3.8) is 0 Å². The van der Waals surface area contributed by atoms with E-state index >= 15 is 0 Å². The number of nitrogens with zero attached hydrogens (tertiary/aromatic N) is 5. The minimum Gasteiger partial charge on any atom is -0.394 e. The van der Waals surface area contributed by atoms with E-state index in [2.05, 4.69) is 31.2 Å². The third-order valence-corrected chi connectivity index (χ3v) is 7.10. The van der Waals surface area contributed by atoms with Crippen LogP contribution in [0.3, 0.4) is 0 Å². The van der Waals surface area contributed by atoms with E-state index < -0.39 is 0 Å². The predicted molar refractivity (Wildman–Crippen MR) is 135 cm³/mol. The average molecular weight is 473 g/mol. The van der Waals surface area contributed by atoms with Crippen LogP contribution in [0.1, 0.15) is 6.42 Å². The number of aliphatic hydroxyl groups is 1. The molecule has 1 fully saturated rings. The minimum atomic E-state index is -0.0880. The Balaban J connectivity index is 1.53. The number of para-hydroxylation sites is 1. The molecule has 1 aromatic carbocycles. The number of nitrogens with one attached hydrogen (secondary N) is 2. The van der Waals surface area contributed by atoms with Crippen molar-refractivity contribution < 1.29 is 5.11 Å². The maximum atomic E-state index is 10.1. The third-order valence-electron chi connectivity index (χ3n) is 6.28. The number of pyridine rings is 2. The lowest BCUT2D eigenvalue weighted by Gasteiger charge is -2.25. The Bertz CT molecular complexity index is 1520. The van der Waals surface area contributed by atoms with Gasteiger partial charge in [-0.3, -0.25) is 9.97 Å². The van der Waals surface area contributed by atoms with Crippen LogP contribution in [0.15, 0.2) is 58.8 Å². The summed E-state index contributed by atoms with van der Waals surface area (Å²) in [5, 5.41) is 15.9. The van der Waals surface area contributed by atoms with E-state index in [-0.39, 0.29) is 18.7 Å². The Morgan fingerprint density at radius 3 is 2.97 bits per heavy atom. The minimum absolute atomic E-state index is 0.0199. The highest BCUT2D eigenvalue weighted by Gasteiger charge is 2.33. The largest absolute Gasteiger partial charge is 0.394 e. The number of fused-ring (bicyclic) bond motifs is 4. The fraction of sp³-hybridized carbons (Fsp3) is 0.250. The summed E-state index contributed by atoms with van der Waals surface area (Å²) in [6, 6.07) is 11.8. The smallest absolute Gasteiger partial charge is 0.196 e. The third kappa shape index (κ3) is 3.51. The van der Waals surface area contributed by atoms with Gasteiger partial charge in [-0.2, -0.15) is 0 Å². The summed E-state index contributed by atoms with van der Waals surface area (Å²) in [6.45, 7) is 0.646. The van der Waals surface area contributed by atoms with E-state index in [0.29, 0.717) is 11.7 Å². The predicted octanol–water partition coefficient (Wildman–Crippen LogP) is 3.15. The molecule has 1 aliphatic rings. The Kier molecular flexibility index (Phi) is 5.20. The molecule has 5 heterocycles. The molecule has 2 atom stereocenters. The van der Waals surface area contributed by atoms with E-state index in [0.717, 1.165) is 55.8 Å². The Morgan fingerprint density at radius 1 is 1.21 bits per heavy atom. The maximum Gasteiger partial charge on any atom is 0.196 e. The summed E-state index contributed by atoms with van der Waals surface area (Å²) < 4.78 is 0. The van der Waals surface area contributed by atoms with Crippen LogP contribution in [-0.4, -0.2) is 62.3 Å². The summed E-state index contributed by atoms with van der Waals surface area (Å²) in [7, 11) is 1.90. The maximum absolute atomic E-state index is 10.1. The summed E-state index contributed by atoms with van der Waals surface area (Å²) >= 11 is 1.44. The zero-order valence-electron chi connectivity index (χ0n) is 18.6. The van der Waals surface area contributed by atoms with Crippen molar-refractivity contribution in [3.8, 4) is 0 Å². The van der Waals surface area contributed by atoms with E-state index in [1.807, 2.05) is 43.6 Å². The number of H-pyrrole nitrogens is 1. The van der Waals surface area contributed by atoms with E-state index in [1.165, 1.54) is 11.8 Å². The normalized spacial score (nSPS) is 18.4. The van der Waals surface area contributed by atoms with Crippen LogP contribution in [0.2, 0.25) is 0 Å². The van der Waals surface area contributed by atoms with Crippen LogP contribution in [0.25, 0.3) is 33.0 Å². The van der Waals surface area contributed by atoms with Crippen LogP contribution in [0.4, 0.5) is 11.5 Å². The summed E-state index contributed by atoms with van der Waals surface area (Å²) in [6.07, 6.45) is 4.29. The molecule has 9 nitrogen and oxygen atoms in total. The molecule has 1 aliphatic heterocycles. The average Bonchev–Trinajstić information content (AvgIpc) is 3.43. The summed E-state index contributed by atoms with van der Waals surface area (Å²) in [5.74, 6) is 0.783. The molecule has 1 saturated heterocycles. The van der Waals surface area contributed by atoms with Gasteiger partial charge in [-0.25, -0.2) is 9.97 Å². The van der Waals surface area contributed by atoms with Gasteiger partial charge >= 0.3 is 0 Å². The number of hydrogen-bond donors (Lipinski definition) is 4. The second kappa shape index (κ2) is 8.39. The molecule has 172 valence electrons. The first-order valence-electron chi connectivity index (χ1n) is 11.2. The first-order valence-corrected chi connectivity index (χ1v) is 12.0. The van der Waals surface area contributed by atoms with Crippen molar-refractivity contribution in [1.29, 1.82) is 0 Å². The van der Waals surface area contributed by atoms with E-state index in [4.69, 9.17) is 15.7 Å². The molecular formula is C24H24N8OS. The van der Waals surface area contributed by atoms with E-state index in [9.17, 15) is 5.11 Å². The number of aromatic nitrogens is 5. The first kappa shape index (κ1) is 21.1. The second-order valence-corrected chi connectivity index (χ2v) is 9.50. The van der Waals surface area contributed by atoms with Gasteiger partial charge in [-0.15, -0.1) is 0 Å². The molecule has 0 amide bonds. The van der Waals surface area contributed by atoms with Crippen molar-refractivity contribution in [3.05, 3.63) is 48.8 Å². The van der Waals surface area contributed by atoms with Gasteiger partial charge in [-0.1, -0.05) is 12.1 Å². The Morgan fingerprint density at radius 2 is 2.12 bits per heavy atom. The zero-order valence-corrected chi connectivity index (χ0v) is 19.4. The molecule has 34 heavy (non-hydrogen) atoms. The first-order chi connectivity index (χ1) is 16.6. The standard InChI is InChI=1S/C24H24N8OS/c1-26-18-5-2-4-16-20-22(29-21(16)18)30-24(31-23(20)32-11-13(25)8-14(32)12-33)34-15-9-19-17(28-10-15)6-3-7-27-19/h2-7,9-10,13-14,26,33H,8,11-12,25H2,1H3,(H,29,30,31)/t13-,14-/m1/s1. The molecule has 0 unspecified atom stereocenters. The topological polar surface area (TPSA) is 129 Å². The Hall–Kier alpha value is -3.47. The molecule has 10 heteroatoms. The number of anilines is 2. The molecule has 0 radical (unpaired) electrons. The number of nitrogens with two attached hydrogens (primary N) is 1. The molecule has 0 bridgehead atoms. The van der Waals surface area contributed by atoms with Crippen molar-refractivity contribution in [2.24, 2.45) is 5.73 Å². The van der Waals surface area contributed by atoms with Crippen LogP contribution in [-0.2, 0) is 0 Å². The molecule has 0 aliphatic carbocycles. The molecule has 5 aromatic rings. The SMILES string of the molecule is CNc1cccc2c1[nH]c1nc(Sc3cnc4cccnc4c3)nc(N3C[C@H](N)C[C@@H]3CO)c12. The lowest BCUT2D eigenvalue weighted by molar-refractivity contribution is 0.265. The molecule has 6 rings (SSSR count). The van der Waals surface area contributed by atoms with Gasteiger partial charge in [-0.05, 0) is 42.4 Å². The van der Waals surface area contributed by atoms with E-state index in [1.54, 1.807) is 6.20 Å². The highest BCUT2D eigenvalue weighted by molar-refractivity contribution is 7.99. The van der Waals surface area contributed by atoms with Gasteiger partial charge in [0.2, 0.25) is 0 Å². The highest BCUT2D eigenvalue weighted by atomic mass is 32.2. The van der Waals surface area contributed by atoms with Crippen molar-refractivity contribution in [2.45, 2.75) is 28.6 Å². The fourth-order valence-corrected chi connectivity index (χ4v) is 5.48. The fourth-order valence-electron chi connectivity index (χ4n) is 4.72. The Labute approximate surface area is 199 Å². The highest BCUT2D eigenvalue weighted by Crippen LogP contribution is 2.39. The van der Waals surface area contributed by atoms with Gasteiger partial charge in [0.05, 0.1) is 40.3 Å². The lowest BCUT2D eigenvalue weighted by Crippen LogP contribution is -2.33. The summed E-state index contributed by atoms with van der Waals surface area (Å²) in [5.41, 5.74) is 10.7. The monoisotopic (exact) mass is 472 g/mol. The number of hydrogen-bond acceptors (Lipinski definition) is 9. The quantitative estimate of drug-likeness (QED) is 0.285. The second-order valence-electron chi connectivity index (χ2n) is 8.46. The number of rotatable bonds is 5.